The molecule has 106 valence electrons. The highest BCUT2D eigenvalue weighted by atomic mass is 16.3. The highest BCUT2D eigenvalue weighted by Crippen LogP contribution is 2.34. The SMILES string of the molecule is CN(C)C(Cc1ccc(O)cc1)C1(O)CCCCC1. The van der Waals surface area contributed by atoms with Gasteiger partial charge < -0.3 is 15.1 Å². The predicted octanol–water partition coefficient (Wildman–Crippen LogP) is 2.56. The van der Waals surface area contributed by atoms with E-state index in [2.05, 4.69) is 4.90 Å². The Labute approximate surface area is 115 Å². The summed E-state index contributed by atoms with van der Waals surface area (Å²) in [6, 6.07) is 7.45. The van der Waals surface area contributed by atoms with Crippen LogP contribution in [0.5, 0.6) is 5.75 Å². The molecule has 0 aliphatic heterocycles. The van der Waals surface area contributed by atoms with E-state index in [1.54, 1.807) is 12.1 Å². The number of phenols is 1. The van der Waals surface area contributed by atoms with Gasteiger partial charge in [-0.3, -0.25) is 0 Å². The zero-order valence-corrected chi connectivity index (χ0v) is 12.0. The molecule has 1 aliphatic carbocycles. The molecule has 3 nitrogen and oxygen atoms in total. The zero-order valence-electron chi connectivity index (χ0n) is 12.0. The van der Waals surface area contributed by atoms with E-state index in [0.29, 0.717) is 5.75 Å². The first-order valence-electron chi connectivity index (χ1n) is 7.18. The molecule has 0 aromatic heterocycles. The second kappa shape index (κ2) is 5.93. The van der Waals surface area contributed by atoms with Crippen LogP contribution >= 0.6 is 0 Å². The van der Waals surface area contributed by atoms with Crippen molar-refractivity contribution >= 4 is 0 Å². The Morgan fingerprint density at radius 1 is 1.11 bits per heavy atom. The Morgan fingerprint density at radius 2 is 1.68 bits per heavy atom. The highest BCUT2D eigenvalue weighted by Gasteiger charge is 2.38. The third-order valence-electron chi connectivity index (χ3n) is 4.33. The summed E-state index contributed by atoms with van der Waals surface area (Å²) >= 11 is 0. The molecule has 0 spiro atoms. The van der Waals surface area contributed by atoms with Gasteiger partial charge in [-0.1, -0.05) is 31.4 Å². The smallest absolute Gasteiger partial charge is 0.115 e. The average molecular weight is 263 g/mol. The van der Waals surface area contributed by atoms with Gasteiger partial charge in [-0.25, -0.2) is 0 Å². The van der Waals surface area contributed by atoms with Crippen LogP contribution in [-0.4, -0.2) is 40.9 Å². The minimum Gasteiger partial charge on any atom is -0.508 e. The summed E-state index contributed by atoms with van der Waals surface area (Å²) in [6.45, 7) is 0. The van der Waals surface area contributed by atoms with Crippen molar-refractivity contribution in [3.8, 4) is 5.75 Å². The zero-order chi connectivity index (χ0) is 13.9. The van der Waals surface area contributed by atoms with E-state index in [-0.39, 0.29) is 6.04 Å². The number of hydrogen-bond acceptors (Lipinski definition) is 3. The fourth-order valence-electron chi connectivity index (χ4n) is 3.21. The molecule has 0 heterocycles. The monoisotopic (exact) mass is 263 g/mol. The van der Waals surface area contributed by atoms with Gasteiger partial charge in [0, 0.05) is 6.04 Å². The molecule has 1 aromatic carbocycles. The van der Waals surface area contributed by atoms with Crippen LogP contribution in [0.2, 0.25) is 0 Å². The second-order valence-corrected chi connectivity index (χ2v) is 6.01. The molecule has 1 fully saturated rings. The van der Waals surface area contributed by atoms with Crippen LogP contribution in [0.25, 0.3) is 0 Å². The third kappa shape index (κ3) is 3.48. The molecule has 0 bridgehead atoms. The Kier molecular flexibility index (Phi) is 4.48. The van der Waals surface area contributed by atoms with Crippen molar-refractivity contribution < 1.29 is 10.2 Å². The van der Waals surface area contributed by atoms with Crippen LogP contribution in [0.3, 0.4) is 0 Å². The first kappa shape index (κ1) is 14.4. The van der Waals surface area contributed by atoms with Gasteiger partial charge in [0.25, 0.3) is 0 Å². The Morgan fingerprint density at radius 3 is 2.21 bits per heavy atom. The quantitative estimate of drug-likeness (QED) is 0.877. The third-order valence-corrected chi connectivity index (χ3v) is 4.33. The Hall–Kier alpha value is -1.06. The van der Waals surface area contributed by atoms with Gasteiger partial charge in [-0.05, 0) is 51.1 Å². The number of likely N-dealkylation sites (N-methyl/N-ethyl adjacent to an activating group) is 1. The fraction of sp³-hybridized carbons (Fsp3) is 0.625. The molecule has 1 saturated carbocycles. The molecule has 0 amide bonds. The van der Waals surface area contributed by atoms with Crippen LogP contribution in [0.1, 0.15) is 37.7 Å². The van der Waals surface area contributed by atoms with Crippen molar-refractivity contribution in [2.24, 2.45) is 0 Å². The van der Waals surface area contributed by atoms with E-state index in [4.69, 9.17) is 0 Å². The van der Waals surface area contributed by atoms with E-state index >= 15 is 0 Å². The second-order valence-electron chi connectivity index (χ2n) is 6.01. The molecule has 0 radical (unpaired) electrons. The molecule has 19 heavy (non-hydrogen) atoms. The maximum atomic E-state index is 10.9. The van der Waals surface area contributed by atoms with E-state index < -0.39 is 5.60 Å². The lowest BCUT2D eigenvalue weighted by Crippen LogP contribution is -2.52. The lowest BCUT2D eigenvalue weighted by molar-refractivity contribution is -0.0601. The van der Waals surface area contributed by atoms with Crippen LogP contribution < -0.4 is 0 Å². The summed E-state index contributed by atoms with van der Waals surface area (Å²) in [5, 5.41) is 20.3. The van der Waals surface area contributed by atoms with Crippen molar-refractivity contribution in [1.82, 2.24) is 4.90 Å². The molecule has 3 heteroatoms. The number of benzene rings is 1. The van der Waals surface area contributed by atoms with Crippen LogP contribution in [-0.2, 0) is 6.42 Å². The van der Waals surface area contributed by atoms with Gasteiger partial charge >= 0.3 is 0 Å². The number of nitrogens with zero attached hydrogens (tertiary/aromatic N) is 1. The van der Waals surface area contributed by atoms with Crippen LogP contribution in [0.4, 0.5) is 0 Å². The van der Waals surface area contributed by atoms with E-state index in [9.17, 15) is 10.2 Å². The number of phenolic OH excluding ortho intramolecular Hbond substituents is 1. The van der Waals surface area contributed by atoms with Crippen LogP contribution in [0, 0.1) is 0 Å². The first-order chi connectivity index (χ1) is 9.01. The number of hydrogen-bond donors (Lipinski definition) is 2. The molecule has 1 aromatic rings. The van der Waals surface area contributed by atoms with Gasteiger partial charge in [-0.15, -0.1) is 0 Å². The Balaban J connectivity index is 2.13. The lowest BCUT2D eigenvalue weighted by atomic mass is 9.77. The molecule has 2 rings (SSSR count). The molecule has 1 aliphatic rings. The predicted molar refractivity (Wildman–Crippen MR) is 77.3 cm³/mol. The van der Waals surface area contributed by atoms with Gasteiger partial charge in [0.15, 0.2) is 0 Å². The van der Waals surface area contributed by atoms with Crippen molar-refractivity contribution in [3.05, 3.63) is 29.8 Å². The standard InChI is InChI=1S/C16H25NO2/c1-17(2)15(16(19)10-4-3-5-11-16)12-13-6-8-14(18)9-7-13/h6-9,15,18-19H,3-5,10-12H2,1-2H3. The summed E-state index contributed by atoms with van der Waals surface area (Å²) in [4.78, 5) is 2.14. The molecule has 0 saturated heterocycles. The van der Waals surface area contributed by atoms with Gasteiger partial charge in [0.2, 0.25) is 0 Å². The topological polar surface area (TPSA) is 43.7 Å². The minimum atomic E-state index is -0.570. The normalized spacial score (nSPS) is 20.4. The summed E-state index contributed by atoms with van der Waals surface area (Å²) in [5.74, 6) is 0.293. The van der Waals surface area contributed by atoms with Crippen molar-refractivity contribution in [2.75, 3.05) is 14.1 Å². The fourth-order valence-corrected chi connectivity index (χ4v) is 3.21. The maximum Gasteiger partial charge on any atom is 0.115 e. The van der Waals surface area contributed by atoms with Gasteiger partial charge in [0.1, 0.15) is 5.75 Å². The van der Waals surface area contributed by atoms with Crippen molar-refractivity contribution in [3.63, 3.8) is 0 Å². The van der Waals surface area contributed by atoms with Gasteiger partial charge in [0.05, 0.1) is 5.60 Å². The first-order valence-corrected chi connectivity index (χ1v) is 7.18. The summed E-state index contributed by atoms with van der Waals surface area (Å²) in [6.07, 6.45) is 6.10. The lowest BCUT2D eigenvalue weighted by Gasteiger charge is -2.42. The summed E-state index contributed by atoms with van der Waals surface area (Å²) < 4.78 is 0. The molecule has 2 N–H and O–H groups in total. The molecule has 1 atom stereocenters. The van der Waals surface area contributed by atoms with E-state index in [1.165, 1.54) is 6.42 Å². The number of aliphatic hydroxyl groups is 1. The highest BCUT2D eigenvalue weighted by molar-refractivity contribution is 5.27. The largest absolute Gasteiger partial charge is 0.508 e. The number of aromatic hydroxyl groups is 1. The molecular weight excluding hydrogens is 238 g/mol. The van der Waals surface area contributed by atoms with E-state index in [1.807, 2.05) is 26.2 Å². The summed E-state index contributed by atoms with van der Waals surface area (Å²) in [5.41, 5.74) is 0.593. The average Bonchev–Trinajstić information content (AvgIpc) is 2.38. The van der Waals surface area contributed by atoms with Crippen molar-refractivity contribution in [2.45, 2.75) is 50.2 Å². The Bertz CT molecular complexity index is 394. The molecular formula is C16H25NO2. The van der Waals surface area contributed by atoms with Crippen molar-refractivity contribution in [1.29, 1.82) is 0 Å². The number of rotatable bonds is 4. The van der Waals surface area contributed by atoms with Gasteiger partial charge in [-0.2, -0.15) is 0 Å². The maximum absolute atomic E-state index is 10.9. The van der Waals surface area contributed by atoms with Crippen LogP contribution in [0.15, 0.2) is 24.3 Å². The summed E-state index contributed by atoms with van der Waals surface area (Å²) in [7, 11) is 4.08. The molecule has 1 unspecified atom stereocenters. The van der Waals surface area contributed by atoms with E-state index in [0.717, 1.165) is 37.7 Å². The minimum absolute atomic E-state index is 0.136.